The SMILES string of the molecule is CC.CCCC(CCl)C(CCCCC1=CCCC(Cl)C1NC)CC(CC)C1CC2CC(C1)N2.CCCF. The third-order valence-corrected chi connectivity index (χ3v) is 9.80. The number of nitrogens with one attached hydrogen (secondary N) is 2. The van der Waals surface area contributed by atoms with Crippen LogP contribution in [0.3, 0.4) is 0 Å². The Hall–Kier alpha value is 0.170. The van der Waals surface area contributed by atoms with Gasteiger partial charge in [-0.2, -0.15) is 0 Å². The number of hydrogen-bond donors (Lipinski definition) is 2. The fraction of sp³-hybridized carbons (Fsp3) is 0.938. The third kappa shape index (κ3) is 12.1. The van der Waals surface area contributed by atoms with E-state index in [0.717, 1.165) is 48.6 Å². The van der Waals surface area contributed by atoms with E-state index >= 15 is 0 Å². The van der Waals surface area contributed by atoms with Gasteiger partial charge in [0.1, 0.15) is 0 Å². The van der Waals surface area contributed by atoms with Gasteiger partial charge in [0.15, 0.2) is 0 Å². The van der Waals surface area contributed by atoms with E-state index < -0.39 is 0 Å². The Bertz CT molecular complexity index is 569. The van der Waals surface area contributed by atoms with Crippen molar-refractivity contribution in [2.45, 2.75) is 148 Å². The van der Waals surface area contributed by atoms with Gasteiger partial charge in [0.2, 0.25) is 0 Å². The Balaban J connectivity index is 0.00000104. The lowest BCUT2D eigenvalue weighted by atomic mass is 9.67. The minimum absolute atomic E-state index is 0.181. The average Bonchev–Trinajstić information content (AvgIpc) is 2.92. The molecule has 3 fully saturated rings. The van der Waals surface area contributed by atoms with E-state index in [1.54, 1.807) is 12.5 Å². The summed E-state index contributed by atoms with van der Waals surface area (Å²) in [5.41, 5.74) is 1.55. The van der Waals surface area contributed by atoms with Gasteiger partial charge in [0.25, 0.3) is 0 Å². The van der Waals surface area contributed by atoms with Gasteiger partial charge in [-0.25, -0.2) is 0 Å². The van der Waals surface area contributed by atoms with Crippen molar-refractivity contribution in [3.05, 3.63) is 11.6 Å². The Morgan fingerprint density at radius 3 is 2.19 bits per heavy atom. The molecule has 0 aromatic carbocycles. The Morgan fingerprint density at radius 2 is 1.68 bits per heavy atom. The molecule has 2 bridgehead atoms. The van der Waals surface area contributed by atoms with Crippen LogP contribution < -0.4 is 10.6 Å². The summed E-state index contributed by atoms with van der Waals surface area (Å²) in [5.74, 6) is 4.18. The summed E-state index contributed by atoms with van der Waals surface area (Å²) in [6.07, 6.45) is 20.1. The van der Waals surface area contributed by atoms with Crippen LogP contribution in [0.25, 0.3) is 0 Å². The van der Waals surface area contributed by atoms with Crippen molar-refractivity contribution in [1.82, 2.24) is 10.6 Å². The summed E-state index contributed by atoms with van der Waals surface area (Å²) in [6.45, 7) is 10.4. The molecule has 0 spiro atoms. The summed E-state index contributed by atoms with van der Waals surface area (Å²) in [5, 5.41) is 7.45. The van der Waals surface area contributed by atoms with Crippen molar-refractivity contribution >= 4 is 23.2 Å². The van der Waals surface area contributed by atoms with Crippen molar-refractivity contribution in [2.75, 3.05) is 19.6 Å². The molecule has 4 rings (SSSR count). The fourth-order valence-corrected chi connectivity index (χ4v) is 7.76. The van der Waals surface area contributed by atoms with Crippen LogP contribution in [0.2, 0.25) is 0 Å². The molecule has 1 saturated carbocycles. The lowest BCUT2D eigenvalue weighted by molar-refractivity contribution is 0.0744. The van der Waals surface area contributed by atoms with Crippen molar-refractivity contribution in [1.29, 1.82) is 0 Å². The van der Waals surface area contributed by atoms with Gasteiger partial charge in [-0.15, -0.1) is 23.2 Å². The Morgan fingerprint density at radius 1 is 1.03 bits per heavy atom. The number of allylic oxidation sites excluding steroid dienone is 1. The Kier molecular flexibility index (Phi) is 20.0. The van der Waals surface area contributed by atoms with Crippen molar-refractivity contribution in [3.63, 3.8) is 0 Å². The number of likely N-dealkylation sites (N-methyl/N-ethyl adjacent to an activating group) is 1. The second-order valence-electron chi connectivity index (χ2n) is 11.5. The number of rotatable bonds is 15. The van der Waals surface area contributed by atoms with Crippen LogP contribution in [0.4, 0.5) is 4.39 Å². The first-order valence-corrected chi connectivity index (χ1v) is 16.9. The normalized spacial score (nSPS) is 28.9. The molecule has 5 heteroatoms. The van der Waals surface area contributed by atoms with Crippen LogP contribution in [0.15, 0.2) is 11.6 Å². The average molecular weight is 564 g/mol. The van der Waals surface area contributed by atoms with Crippen LogP contribution in [0.5, 0.6) is 0 Å². The molecule has 0 amide bonds. The minimum Gasteiger partial charge on any atom is -0.312 e. The predicted octanol–water partition coefficient (Wildman–Crippen LogP) is 9.68. The standard InChI is InChI=1S/C27H48Cl2N2.C3H7F.C2H6/c1-4-9-22(18-28)21(14-19(5-2)23-15-24-17-25(16-23)31-24)11-7-6-10-20-12-8-13-26(29)27(20)30-3;1-2-3-4;1-2/h12,19,21-27,30-31H,4-11,13-18H2,1-3H3;2-3H2,1H3;1-2H3. The highest BCUT2D eigenvalue weighted by Gasteiger charge is 2.40. The number of unbranched alkanes of at least 4 members (excludes halogenated alkanes) is 1. The lowest BCUT2D eigenvalue weighted by Crippen LogP contribution is -2.58. The smallest absolute Gasteiger partial charge is 0.0891 e. The van der Waals surface area contributed by atoms with Gasteiger partial charge in [-0.05, 0) is 94.9 Å². The molecule has 0 radical (unpaired) electrons. The highest BCUT2D eigenvalue weighted by atomic mass is 35.5. The lowest BCUT2D eigenvalue weighted by Gasteiger charge is -2.49. The van der Waals surface area contributed by atoms with Crippen molar-refractivity contribution in [3.8, 4) is 0 Å². The molecule has 220 valence electrons. The van der Waals surface area contributed by atoms with Crippen molar-refractivity contribution < 1.29 is 4.39 Å². The zero-order chi connectivity index (χ0) is 27.6. The van der Waals surface area contributed by atoms with E-state index in [0.29, 0.717) is 18.4 Å². The minimum atomic E-state index is -0.181. The molecule has 37 heavy (non-hydrogen) atoms. The summed E-state index contributed by atoms with van der Waals surface area (Å²) >= 11 is 13.1. The molecule has 7 atom stereocenters. The van der Waals surface area contributed by atoms with Crippen molar-refractivity contribution in [2.24, 2.45) is 23.7 Å². The van der Waals surface area contributed by atoms with Crippen LogP contribution in [0, 0.1) is 23.7 Å². The van der Waals surface area contributed by atoms with Crippen LogP contribution >= 0.6 is 23.2 Å². The molecule has 2 aliphatic heterocycles. The van der Waals surface area contributed by atoms with Gasteiger partial charge in [0.05, 0.1) is 12.1 Å². The monoisotopic (exact) mass is 562 g/mol. The van der Waals surface area contributed by atoms with E-state index in [1.807, 2.05) is 13.8 Å². The van der Waals surface area contributed by atoms with Gasteiger partial charge in [-0.1, -0.05) is 72.0 Å². The first-order valence-electron chi connectivity index (χ1n) is 15.9. The molecule has 2 heterocycles. The van der Waals surface area contributed by atoms with E-state index in [2.05, 4.69) is 37.6 Å². The molecule has 2 nitrogen and oxygen atoms in total. The summed E-state index contributed by atoms with van der Waals surface area (Å²) in [4.78, 5) is 0. The van der Waals surface area contributed by atoms with Crippen LogP contribution in [-0.2, 0) is 0 Å². The van der Waals surface area contributed by atoms with E-state index in [9.17, 15) is 4.39 Å². The topological polar surface area (TPSA) is 24.1 Å². The number of fused-ring (bicyclic) bond motifs is 2. The first-order chi connectivity index (χ1) is 18.0. The van der Waals surface area contributed by atoms with Gasteiger partial charge >= 0.3 is 0 Å². The zero-order valence-corrected chi connectivity index (χ0v) is 26.7. The van der Waals surface area contributed by atoms with E-state index in [4.69, 9.17) is 23.2 Å². The predicted molar refractivity (Wildman–Crippen MR) is 165 cm³/mol. The summed E-state index contributed by atoms with van der Waals surface area (Å²) < 4.78 is 10.7. The molecule has 2 saturated heterocycles. The largest absolute Gasteiger partial charge is 0.312 e. The highest BCUT2D eigenvalue weighted by molar-refractivity contribution is 6.21. The van der Waals surface area contributed by atoms with Crippen LogP contribution in [0.1, 0.15) is 125 Å². The maximum atomic E-state index is 10.7. The maximum absolute atomic E-state index is 10.7. The molecular weight excluding hydrogens is 502 g/mol. The fourth-order valence-electron chi connectivity index (χ4n) is 6.94. The maximum Gasteiger partial charge on any atom is 0.0891 e. The Labute approximate surface area is 240 Å². The third-order valence-electron chi connectivity index (χ3n) is 8.94. The summed E-state index contributed by atoms with van der Waals surface area (Å²) in [7, 11) is 2.06. The molecule has 2 aliphatic carbocycles. The first kappa shape index (κ1) is 35.2. The molecule has 0 aromatic heterocycles. The molecule has 0 aromatic rings. The number of piperidine rings is 1. The van der Waals surface area contributed by atoms with E-state index in [1.165, 1.54) is 70.6 Å². The molecule has 2 N–H and O–H groups in total. The molecule has 4 aliphatic rings. The van der Waals surface area contributed by atoms with Gasteiger partial charge in [-0.3, -0.25) is 4.39 Å². The van der Waals surface area contributed by atoms with Crippen LogP contribution in [-0.4, -0.2) is 43.1 Å². The summed E-state index contributed by atoms with van der Waals surface area (Å²) in [6, 6.07) is 2.02. The molecular formula is C32H61Cl2FN2. The quantitative estimate of drug-likeness (QED) is 0.118. The number of halogens is 3. The molecule has 7 unspecified atom stereocenters. The zero-order valence-electron chi connectivity index (χ0n) is 25.1. The van der Waals surface area contributed by atoms with E-state index in [-0.39, 0.29) is 12.1 Å². The number of hydrogen-bond acceptors (Lipinski definition) is 2. The number of alkyl halides is 3. The second-order valence-corrected chi connectivity index (χ2v) is 12.3. The van der Waals surface area contributed by atoms with Gasteiger partial charge < -0.3 is 10.6 Å². The van der Waals surface area contributed by atoms with Gasteiger partial charge in [0, 0.05) is 24.0 Å². The second kappa shape index (κ2) is 21.0. The highest BCUT2D eigenvalue weighted by Crippen LogP contribution is 2.42.